The molecule has 1 atom stereocenters. The van der Waals surface area contributed by atoms with Gasteiger partial charge in [-0.3, -0.25) is 15.0 Å². The van der Waals surface area contributed by atoms with E-state index in [1.165, 1.54) is 30.2 Å². The maximum atomic E-state index is 13.0. The summed E-state index contributed by atoms with van der Waals surface area (Å²) in [6.45, 7) is 5.50. The Hall–Kier alpha value is -3.68. The Morgan fingerprint density at radius 1 is 1.17 bits per heavy atom. The maximum absolute atomic E-state index is 13.0. The quantitative estimate of drug-likeness (QED) is 0.480. The van der Waals surface area contributed by atoms with E-state index in [1.807, 2.05) is 32.0 Å². The summed E-state index contributed by atoms with van der Waals surface area (Å²) in [7, 11) is 1.25. The van der Waals surface area contributed by atoms with E-state index in [9.17, 15) is 19.7 Å². The maximum Gasteiger partial charge on any atom is 0.337 e. The van der Waals surface area contributed by atoms with Crippen LogP contribution in [-0.4, -0.2) is 24.0 Å². The Labute approximate surface area is 167 Å². The Kier molecular flexibility index (Phi) is 5.36. The zero-order chi connectivity index (χ0) is 21.3. The minimum absolute atomic E-state index is 0.129. The van der Waals surface area contributed by atoms with E-state index in [4.69, 9.17) is 4.74 Å². The predicted molar refractivity (Wildman–Crippen MR) is 107 cm³/mol. The van der Waals surface area contributed by atoms with Gasteiger partial charge in [0.05, 0.1) is 29.3 Å². The van der Waals surface area contributed by atoms with Gasteiger partial charge in [0.25, 0.3) is 5.69 Å². The van der Waals surface area contributed by atoms with Crippen molar-refractivity contribution in [1.29, 1.82) is 0 Å². The second-order valence-electron chi connectivity index (χ2n) is 6.85. The third kappa shape index (κ3) is 3.69. The molecule has 1 aliphatic rings. The highest BCUT2D eigenvalue weighted by Gasteiger charge is 2.37. The number of carbonyl (C=O) groups is 2. The van der Waals surface area contributed by atoms with Crippen molar-refractivity contribution in [3.63, 3.8) is 0 Å². The van der Waals surface area contributed by atoms with Crippen LogP contribution in [0.2, 0.25) is 0 Å². The van der Waals surface area contributed by atoms with E-state index in [-0.39, 0.29) is 11.3 Å². The van der Waals surface area contributed by atoms with Crippen molar-refractivity contribution in [3.8, 4) is 0 Å². The molecule has 0 fully saturated rings. The normalized spacial score (nSPS) is 16.5. The first kappa shape index (κ1) is 20.1. The first-order chi connectivity index (χ1) is 13.7. The predicted octanol–water partition coefficient (Wildman–Crippen LogP) is 3.93. The number of amides is 2. The van der Waals surface area contributed by atoms with E-state index in [2.05, 4.69) is 5.32 Å². The molecular formula is C21H21N3O5. The number of allylic oxidation sites excluding steroid dienone is 1. The van der Waals surface area contributed by atoms with Gasteiger partial charge in [0.2, 0.25) is 0 Å². The number of rotatable bonds is 4. The molecule has 1 N–H and O–H groups in total. The number of hydrogen-bond acceptors (Lipinski definition) is 5. The Morgan fingerprint density at radius 3 is 2.52 bits per heavy atom. The number of esters is 1. The highest BCUT2D eigenvalue weighted by atomic mass is 16.6. The molecule has 0 spiro atoms. The van der Waals surface area contributed by atoms with Gasteiger partial charge in [-0.15, -0.1) is 0 Å². The molecule has 1 aliphatic heterocycles. The standard InChI is InChI=1S/C21H21N3O5/c1-12-8-9-17(13(2)10-12)23-14(3)18(20(25)29-4)19(22-21(23)26)15-6-5-7-16(11-15)24(27)28/h5-11,19H,1-4H3,(H,22,26)/t19-/m1/s1. The van der Waals surface area contributed by atoms with Crippen LogP contribution in [0, 0.1) is 24.0 Å². The summed E-state index contributed by atoms with van der Waals surface area (Å²) in [6.07, 6.45) is 0. The van der Waals surface area contributed by atoms with Gasteiger partial charge in [-0.1, -0.05) is 29.8 Å². The van der Waals surface area contributed by atoms with Crippen LogP contribution in [0.15, 0.2) is 53.7 Å². The van der Waals surface area contributed by atoms with E-state index in [0.29, 0.717) is 16.9 Å². The first-order valence-corrected chi connectivity index (χ1v) is 8.96. The topological polar surface area (TPSA) is 102 Å². The zero-order valence-corrected chi connectivity index (χ0v) is 16.6. The molecule has 8 heteroatoms. The number of hydrogen-bond donors (Lipinski definition) is 1. The second kappa shape index (κ2) is 7.75. The summed E-state index contributed by atoms with van der Waals surface area (Å²) < 4.78 is 4.95. The number of aryl methyl sites for hydroxylation is 2. The van der Waals surface area contributed by atoms with Crippen LogP contribution in [0.5, 0.6) is 0 Å². The summed E-state index contributed by atoms with van der Waals surface area (Å²) in [4.78, 5) is 37.7. The number of nitro benzene ring substituents is 1. The minimum atomic E-state index is -0.864. The minimum Gasteiger partial charge on any atom is -0.466 e. The fourth-order valence-corrected chi connectivity index (χ4v) is 3.53. The van der Waals surface area contributed by atoms with E-state index >= 15 is 0 Å². The number of urea groups is 1. The third-order valence-corrected chi connectivity index (χ3v) is 4.90. The molecule has 0 saturated heterocycles. The summed E-state index contributed by atoms with van der Waals surface area (Å²) in [5, 5.41) is 13.9. The average molecular weight is 395 g/mol. The lowest BCUT2D eigenvalue weighted by atomic mass is 9.94. The molecule has 0 unspecified atom stereocenters. The second-order valence-corrected chi connectivity index (χ2v) is 6.85. The Balaban J connectivity index is 2.17. The number of anilines is 1. The number of non-ortho nitro benzene ring substituents is 1. The third-order valence-electron chi connectivity index (χ3n) is 4.90. The van der Waals surface area contributed by atoms with Crippen molar-refractivity contribution in [3.05, 3.63) is 80.5 Å². The lowest BCUT2D eigenvalue weighted by Gasteiger charge is -2.36. The summed E-state index contributed by atoms with van der Waals surface area (Å²) in [5.41, 5.74) is 3.48. The number of nitrogens with one attached hydrogen (secondary N) is 1. The molecular weight excluding hydrogens is 374 g/mol. The summed E-state index contributed by atoms with van der Waals surface area (Å²) in [5.74, 6) is -0.617. The van der Waals surface area contributed by atoms with Crippen LogP contribution in [0.4, 0.5) is 16.2 Å². The van der Waals surface area contributed by atoms with Crippen LogP contribution in [-0.2, 0) is 9.53 Å². The molecule has 150 valence electrons. The fraction of sp³-hybridized carbons (Fsp3) is 0.238. The fourth-order valence-electron chi connectivity index (χ4n) is 3.53. The van der Waals surface area contributed by atoms with Crippen molar-refractivity contribution >= 4 is 23.4 Å². The lowest BCUT2D eigenvalue weighted by molar-refractivity contribution is -0.384. The highest BCUT2D eigenvalue weighted by Crippen LogP contribution is 2.36. The molecule has 2 amide bonds. The number of carbonyl (C=O) groups excluding carboxylic acids is 2. The van der Waals surface area contributed by atoms with Gasteiger partial charge in [0, 0.05) is 17.8 Å². The van der Waals surface area contributed by atoms with Gasteiger partial charge in [0.15, 0.2) is 0 Å². The lowest BCUT2D eigenvalue weighted by Crippen LogP contribution is -2.48. The average Bonchev–Trinajstić information content (AvgIpc) is 2.68. The van der Waals surface area contributed by atoms with Crippen molar-refractivity contribution in [2.24, 2.45) is 0 Å². The number of nitro groups is 1. The van der Waals surface area contributed by atoms with Crippen LogP contribution < -0.4 is 10.2 Å². The first-order valence-electron chi connectivity index (χ1n) is 8.96. The number of ether oxygens (including phenoxy) is 1. The largest absolute Gasteiger partial charge is 0.466 e. The molecule has 0 aliphatic carbocycles. The van der Waals surface area contributed by atoms with Crippen LogP contribution in [0.1, 0.15) is 29.7 Å². The van der Waals surface area contributed by atoms with Crippen molar-refractivity contribution in [1.82, 2.24) is 5.32 Å². The van der Waals surface area contributed by atoms with Gasteiger partial charge in [-0.05, 0) is 38.0 Å². The summed E-state index contributed by atoms with van der Waals surface area (Å²) in [6, 6.07) is 10.2. The SMILES string of the molecule is COC(=O)C1=C(C)N(c2ccc(C)cc2C)C(=O)N[C@@H]1c1cccc([N+](=O)[O-])c1. The van der Waals surface area contributed by atoms with Crippen molar-refractivity contribution in [2.45, 2.75) is 26.8 Å². The molecule has 0 bridgehead atoms. The van der Waals surface area contributed by atoms with Crippen LogP contribution in [0.3, 0.4) is 0 Å². The molecule has 2 aromatic rings. The Morgan fingerprint density at radius 2 is 1.90 bits per heavy atom. The smallest absolute Gasteiger partial charge is 0.337 e. The molecule has 2 aromatic carbocycles. The van der Waals surface area contributed by atoms with Gasteiger partial charge in [-0.2, -0.15) is 0 Å². The number of nitrogens with zero attached hydrogens (tertiary/aromatic N) is 2. The molecule has 0 aromatic heterocycles. The van der Waals surface area contributed by atoms with Crippen LogP contribution >= 0.6 is 0 Å². The van der Waals surface area contributed by atoms with Gasteiger partial charge < -0.3 is 10.1 Å². The Bertz CT molecular complexity index is 1040. The molecule has 0 saturated carbocycles. The highest BCUT2D eigenvalue weighted by molar-refractivity contribution is 6.03. The van der Waals surface area contributed by atoms with E-state index in [0.717, 1.165) is 11.1 Å². The van der Waals surface area contributed by atoms with Crippen LogP contribution in [0.25, 0.3) is 0 Å². The zero-order valence-electron chi connectivity index (χ0n) is 16.6. The molecule has 29 heavy (non-hydrogen) atoms. The van der Waals surface area contributed by atoms with E-state index in [1.54, 1.807) is 13.0 Å². The monoisotopic (exact) mass is 395 g/mol. The van der Waals surface area contributed by atoms with Gasteiger partial charge >= 0.3 is 12.0 Å². The molecule has 0 radical (unpaired) electrons. The van der Waals surface area contributed by atoms with Gasteiger partial charge in [-0.25, -0.2) is 9.59 Å². The van der Waals surface area contributed by atoms with Crippen molar-refractivity contribution < 1.29 is 19.2 Å². The molecule has 3 rings (SSSR count). The molecule has 1 heterocycles. The van der Waals surface area contributed by atoms with Gasteiger partial charge in [0.1, 0.15) is 0 Å². The number of methoxy groups -OCH3 is 1. The van der Waals surface area contributed by atoms with Crippen molar-refractivity contribution in [2.75, 3.05) is 12.0 Å². The number of benzene rings is 2. The molecule has 8 nitrogen and oxygen atoms in total. The van der Waals surface area contributed by atoms with E-state index < -0.39 is 23.0 Å². The summed E-state index contributed by atoms with van der Waals surface area (Å²) >= 11 is 0.